The fourth-order valence-corrected chi connectivity index (χ4v) is 3.40. The molecule has 6 nitrogen and oxygen atoms in total. The van der Waals surface area contributed by atoms with E-state index in [-0.39, 0.29) is 16.7 Å². The average Bonchev–Trinajstić information content (AvgIpc) is 2.96. The highest BCUT2D eigenvalue weighted by molar-refractivity contribution is 8.00. The smallest absolute Gasteiger partial charge is 0.237 e. The van der Waals surface area contributed by atoms with E-state index in [0.29, 0.717) is 5.16 Å². The van der Waals surface area contributed by atoms with Gasteiger partial charge in [0.05, 0.1) is 16.5 Å². The lowest BCUT2D eigenvalue weighted by Gasteiger charge is -2.20. The van der Waals surface area contributed by atoms with Crippen molar-refractivity contribution >= 4 is 35.1 Å². The van der Waals surface area contributed by atoms with Gasteiger partial charge in [-0.3, -0.25) is 4.79 Å². The number of nitrogens with zero attached hydrogens (tertiary/aromatic N) is 4. The lowest BCUT2D eigenvalue weighted by Crippen LogP contribution is -2.27. The van der Waals surface area contributed by atoms with E-state index in [9.17, 15) is 4.79 Å². The van der Waals surface area contributed by atoms with E-state index in [2.05, 4.69) is 20.8 Å². The van der Waals surface area contributed by atoms with Crippen LogP contribution in [0.1, 0.15) is 27.7 Å². The Bertz CT molecular complexity index is 681. The molecule has 1 aromatic heterocycles. The van der Waals surface area contributed by atoms with Crippen LogP contribution in [0, 0.1) is 0 Å². The monoisotopic (exact) mass is 351 g/mol. The van der Waals surface area contributed by atoms with E-state index in [1.165, 1.54) is 11.8 Å². The Balaban J connectivity index is 2.08. The molecule has 0 saturated heterocycles. The van der Waals surface area contributed by atoms with E-state index < -0.39 is 0 Å². The maximum atomic E-state index is 12.4. The van der Waals surface area contributed by atoms with Gasteiger partial charge in [-0.15, -0.1) is 16.9 Å². The highest BCUT2D eigenvalue weighted by Gasteiger charge is 2.24. The number of nitrogens with one attached hydrogen (secondary N) is 1. The van der Waals surface area contributed by atoms with Crippen molar-refractivity contribution in [3.8, 4) is 0 Å². The molecule has 0 bridgehead atoms. The lowest BCUT2D eigenvalue weighted by molar-refractivity contribution is -0.115. The second-order valence-electron chi connectivity index (χ2n) is 5.99. The van der Waals surface area contributed by atoms with Gasteiger partial charge in [0, 0.05) is 4.90 Å². The summed E-state index contributed by atoms with van der Waals surface area (Å²) in [6, 6.07) is 7.75. The van der Waals surface area contributed by atoms with Crippen molar-refractivity contribution in [2.24, 2.45) is 0 Å². The van der Waals surface area contributed by atoms with Crippen LogP contribution in [0.2, 0.25) is 0 Å². The Hall–Kier alpha value is -1.54. The molecule has 0 aliphatic carbocycles. The Morgan fingerprint density at radius 3 is 2.65 bits per heavy atom. The van der Waals surface area contributed by atoms with E-state index >= 15 is 0 Å². The summed E-state index contributed by atoms with van der Waals surface area (Å²) in [6.07, 6.45) is 1.99. The highest BCUT2D eigenvalue weighted by Crippen LogP contribution is 2.28. The molecule has 0 radical (unpaired) electrons. The molecule has 8 heteroatoms. The van der Waals surface area contributed by atoms with Gasteiger partial charge in [-0.05, 0) is 56.5 Å². The van der Waals surface area contributed by atoms with Crippen LogP contribution in [-0.2, 0) is 10.3 Å². The molecule has 0 saturated carbocycles. The molecular formula is C15H21N5OS2. The SMILES string of the molecule is CSc1ccccc1NC(=O)C(C)Sc1nnnn1C(C)(C)C. The molecule has 124 valence electrons. The summed E-state index contributed by atoms with van der Waals surface area (Å²) in [5, 5.41) is 15.1. The lowest BCUT2D eigenvalue weighted by atomic mass is 10.1. The Morgan fingerprint density at radius 2 is 2.00 bits per heavy atom. The Labute approximate surface area is 144 Å². The average molecular weight is 352 g/mol. The van der Waals surface area contributed by atoms with Gasteiger partial charge in [0.15, 0.2) is 0 Å². The van der Waals surface area contributed by atoms with Gasteiger partial charge >= 0.3 is 0 Å². The number of hydrogen-bond acceptors (Lipinski definition) is 6. The van der Waals surface area contributed by atoms with Gasteiger partial charge in [-0.1, -0.05) is 23.9 Å². The van der Waals surface area contributed by atoms with Crippen molar-refractivity contribution in [2.45, 2.75) is 48.5 Å². The van der Waals surface area contributed by atoms with E-state index in [1.54, 1.807) is 16.4 Å². The zero-order chi connectivity index (χ0) is 17.0. The quantitative estimate of drug-likeness (QED) is 0.834. The third-order valence-corrected chi connectivity index (χ3v) is 4.92. The van der Waals surface area contributed by atoms with E-state index in [4.69, 9.17) is 0 Å². The molecule has 0 spiro atoms. The number of rotatable bonds is 5. The van der Waals surface area contributed by atoms with Crippen molar-refractivity contribution in [3.63, 3.8) is 0 Å². The number of carbonyl (C=O) groups is 1. The van der Waals surface area contributed by atoms with Gasteiger partial charge in [0.1, 0.15) is 0 Å². The van der Waals surface area contributed by atoms with Crippen molar-refractivity contribution < 1.29 is 4.79 Å². The minimum Gasteiger partial charge on any atom is -0.324 e. The first-order valence-electron chi connectivity index (χ1n) is 7.22. The highest BCUT2D eigenvalue weighted by atomic mass is 32.2. The van der Waals surface area contributed by atoms with E-state index in [0.717, 1.165) is 10.6 Å². The summed E-state index contributed by atoms with van der Waals surface area (Å²) in [6.45, 7) is 7.91. The number of aromatic nitrogens is 4. The number of benzene rings is 1. The van der Waals surface area contributed by atoms with Gasteiger partial charge in [-0.2, -0.15) is 0 Å². The summed E-state index contributed by atoms with van der Waals surface area (Å²) in [7, 11) is 0. The fraction of sp³-hybridized carbons (Fsp3) is 0.467. The predicted octanol–water partition coefficient (Wildman–Crippen LogP) is 3.27. The molecule has 1 atom stereocenters. The maximum absolute atomic E-state index is 12.4. The molecule has 1 amide bonds. The van der Waals surface area contributed by atoms with Crippen LogP contribution >= 0.6 is 23.5 Å². The number of anilines is 1. The predicted molar refractivity (Wildman–Crippen MR) is 95.0 cm³/mol. The summed E-state index contributed by atoms with van der Waals surface area (Å²) in [5.74, 6) is -0.0695. The van der Waals surface area contributed by atoms with Gasteiger partial charge in [-0.25, -0.2) is 4.68 Å². The minimum atomic E-state index is -0.308. The molecule has 1 aromatic carbocycles. The van der Waals surface area contributed by atoms with Gasteiger partial charge in [0.25, 0.3) is 0 Å². The number of thioether (sulfide) groups is 2. The Morgan fingerprint density at radius 1 is 1.30 bits per heavy atom. The first kappa shape index (κ1) is 17.8. The van der Waals surface area contributed by atoms with Gasteiger partial charge < -0.3 is 5.32 Å². The van der Waals surface area contributed by atoms with Crippen LogP contribution in [0.4, 0.5) is 5.69 Å². The topological polar surface area (TPSA) is 72.7 Å². The second kappa shape index (κ2) is 7.35. The zero-order valence-corrected chi connectivity index (χ0v) is 15.5. The zero-order valence-electron chi connectivity index (χ0n) is 13.9. The molecule has 0 aliphatic rings. The van der Waals surface area contributed by atoms with Gasteiger partial charge in [0.2, 0.25) is 11.1 Å². The molecular weight excluding hydrogens is 330 g/mol. The molecule has 0 fully saturated rings. The number of para-hydroxylation sites is 1. The largest absolute Gasteiger partial charge is 0.324 e. The first-order chi connectivity index (χ1) is 10.8. The molecule has 1 N–H and O–H groups in total. The fourth-order valence-electron chi connectivity index (χ4n) is 1.87. The van der Waals surface area contributed by atoms with Crippen LogP contribution in [0.5, 0.6) is 0 Å². The van der Waals surface area contributed by atoms with E-state index in [1.807, 2.05) is 58.2 Å². The van der Waals surface area contributed by atoms with Crippen molar-refractivity contribution in [2.75, 3.05) is 11.6 Å². The number of amides is 1. The van der Waals surface area contributed by atoms with Crippen LogP contribution in [0.15, 0.2) is 34.3 Å². The van der Waals surface area contributed by atoms with Crippen molar-refractivity contribution in [1.29, 1.82) is 0 Å². The van der Waals surface area contributed by atoms with Crippen LogP contribution in [0.3, 0.4) is 0 Å². The third kappa shape index (κ3) is 4.48. The van der Waals surface area contributed by atoms with Crippen LogP contribution in [-0.4, -0.2) is 37.6 Å². The normalized spacial score (nSPS) is 12.9. The van der Waals surface area contributed by atoms with Crippen LogP contribution < -0.4 is 5.32 Å². The molecule has 2 aromatic rings. The Kier molecular flexibility index (Phi) is 5.69. The van der Waals surface area contributed by atoms with Crippen molar-refractivity contribution in [1.82, 2.24) is 20.2 Å². The summed E-state index contributed by atoms with van der Waals surface area (Å²) in [4.78, 5) is 13.5. The molecule has 1 unspecified atom stereocenters. The molecule has 2 rings (SSSR count). The summed E-state index contributed by atoms with van der Waals surface area (Å²) >= 11 is 2.95. The minimum absolute atomic E-state index is 0.0695. The second-order valence-corrected chi connectivity index (χ2v) is 8.15. The number of tetrazole rings is 1. The summed E-state index contributed by atoms with van der Waals surface area (Å²) < 4.78 is 1.73. The first-order valence-corrected chi connectivity index (χ1v) is 9.32. The number of hydrogen-bond donors (Lipinski definition) is 1. The molecule has 0 aliphatic heterocycles. The number of carbonyl (C=O) groups excluding carboxylic acids is 1. The molecule has 23 heavy (non-hydrogen) atoms. The van der Waals surface area contributed by atoms with Crippen LogP contribution in [0.25, 0.3) is 0 Å². The van der Waals surface area contributed by atoms with Crippen molar-refractivity contribution in [3.05, 3.63) is 24.3 Å². The molecule has 1 heterocycles. The maximum Gasteiger partial charge on any atom is 0.237 e. The summed E-state index contributed by atoms with van der Waals surface area (Å²) in [5.41, 5.74) is 0.598. The standard InChI is InChI=1S/C15H21N5OS2/c1-10(23-14-17-18-19-20(14)15(2,3)4)13(21)16-11-8-6-7-9-12(11)22-5/h6-10H,1-5H3,(H,16,21). The third-order valence-electron chi connectivity index (χ3n) is 3.09.